The number of likely N-dealkylation sites (N-methyl/N-ethyl adjacent to an activating group) is 1. The molecule has 1 aliphatic rings. The maximum absolute atomic E-state index is 12.5. The molecule has 100 valence electrons. The van der Waals surface area contributed by atoms with E-state index in [1.54, 1.807) is 28.6 Å². The molecule has 0 radical (unpaired) electrons. The highest BCUT2D eigenvalue weighted by atomic mass is 32.2. The first kappa shape index (κ1) is 13.5. The third-order valence-electron chi connectivity index (χ3n) is 3.58. The summed E-state index contributed by atoms with van der Waals surface area (Å²) in [6.45, 7) is 3.27. The van der Waals surface area contributed by atoms with Gasteiger partial charge < -0.3 is 4.90 Å². The average Bonchev–Trinajstić information content (AvgIpc) is 2.73. The Morgan fingerprint density at radius 3 is 2.28 bits per heavy atom. The summed E-state index contributed by atoms with van der Waals surface area (Å²) < 4.78 is 26.5. The van der Waals surface area contributed by atoms with Crippen molar-refractivity contribution in [2.45, 2.75) is 17.9 Å². The SMILES string of the molecule is CC1CN(S(=O)(=O)c2ccccc2)CC1N(C)C. The Bertz CT molecular complexity index is 499. The molecule has 18 heavy (non-hydrogen) atoms. The van der Waals surface area contributed by atoms with Gasteiger partial charge in [-0.3, -0.25) is 0 Å². The Balaban J connectivity index is 2.24. The number of sulfonamides is 1. The Morgan fingerprint density at radius 2 is 1.78 bits per heavy atom. The summed E-state index contributed by atoms with van der Waals surface area (Å²) in [6.07, 6.45) is 0. The summed E-state index contributed by atoms with van der Waals surface area (Å²) in [5.74, 6) is 0.360. The van der Waals surface area contributed by atoms with Crippen molar-refractivity contribution in [1.82, 2.24) is 9.21 Å². The highest BCUT2D eigenvalue weighted by Crippen LogP contribution is 2.26. The van der Waals surface area contributed by atoms with E-state index in [1.165, 1.54) is 0 Å². The molecule has 1 aliphatic heterocycles. The topological polar surface area (TPSA) is 40.6 Å². The van der Waals surface area contributed by atoms with E-state index in [9.17, 15) is 8.42 Å². The monoisotopic (exact) mass is 268 g/mol. The second-order valence-corrected chi connectivity index (χ2v) is 7.08. The predicted molar refractivity (Wildman–Crippen MR) is 71.8 cm³/mol. The van der Waals surface area contributed by atoms with E-state index in [-0.39, 0.29) is 0 Å². The van der Waals surface area contributed by atoms with Crippen LogP contribution in [0.4, 0.5) is 0 Å². The molecule has 2 atom stereocenters. The number of hydrogen-bond donors (Lipinski definition) is 0. The fourth-order valence-electron chi connectivity index (χ4n) is 2.52. The number of hydrogen-bond acceptors (Lipinski definition) is 3. The maximum Gasteiger partial charge on any atom is 0.243 e. The molecule has 0 spiro atoms. The molecule has 1 fully saturated rings. The lowest BCUT2D eigenvalue weighted by Crippen LogP contribution is -2.35. The summed E-state index contributed by atoms with van der Waals surface area (Å²) in [5, 5.41) is 0. The van der Waals surface area contributed by atoms with E-state index in [4.69, 9.17) is 0 Å². The summed E-state index contributed by atoms with van der Waals surface area (Å²) in [6, 6.07) is 8.95. The van der Waals surface area contributed by atoms with Gasteiger partial charge in [-0.15, -0.1) is 0 Å². The second kappa shape index (κ2) is 4.99. The maximum atomic E-state index is 12.5. The summed E-state index contributed by atoms with van der Waals surface area (Å²) in [4.78, 5) is 2.49. The first-order valence-corrected chi connectivity index (χ1v) is 7.58. The molecule has 0 N–H and O–H groups in total. The van der Waals surface area contributed by atoms with Crippen molar-refractivity contribution in [3.05, 3.63) is 30.3 Å². The van der Waals surface area contributed by atoms with Crippen molar-refractivity contribution >= 4 is 10.0 Å². The largest absolute Gasteiger partial charge is 0.305 e. The molecule has 1 aromatic carbocycles. The molecule has 0 bridgehead atoms. The minimum atomic E-state index is -3.33. The molecule has 0 aliphatic carbocycles. The van der Waals surface area contributed by atoms with E-state index >= 15 is 0 Å². The van der Waals surface area contributed by atoms with E-state index in [0.717, 1.165) is 0 Å². The molecule has 1 heterocycles. The van der Waals surface area contributed by atoms with Crippen molar-refractivity contribution < 1.29 is 8.42 Å². The first-order chi connectivity index (χ1) is 8.43. The van der Waals surface area contributed by atoms with Crippen LogP contribution in [0.2, 0.25) is 0 Å². The Kier molecular flexibility index (Phi) is 3.75. The van der Waals surface area contributed by atoms with Crippen LogP contribution in [-0.2, 0) is 10.0 Å². The van der Waals surface area contributed by atoms with Crippen LogP contribution in [0.15, 0.2) is 35.2 Å². The third kappa shape index (κ3) is 2.43. The van der Waals surface area contributed by atoms with Gasteiger partial charge in [-0.2, -0.15) is 4.31 Å². The molecule has 1 saturated heterocycles. The van der Waals surface area contributed by atoms with Gasteiger partial charge in [0, 0.05) is 19.1 Å². The van der Waals surface area contributed by atoms with Gasteiger partial charge in [0.2, 0.25) is 10.0 Å². The zero-order valence-electron chi connectivity index (χ0n) is 11.1. The van der Waals surface area contributed by atoms with Crippen LogP contribution in [0.3, 0.4) is 0 Å². The number of rotatable bonds is 3. The van der Waals surface area contributed by atoms with Gasteiger partial charge in [-0.05, 0) is 32.1 Å². The molecule has 5 heteroatoms. The predicted octanol–water partition coefficient (Wildman–Crippen LogP) is 1.26. The van der Waals surface area contributed by atoms with Crippen molar-refractivity contribution in [2.24, 2.45) is 5.92 Å². The van der Waals surface area contributed by atoms with Crippen LogP contribution >= 0.6 is 0 Å². The van der Waals surface area contributed by atoms with Crippen molar-refractivity contribution in [2.75, 3.05) is 27.2 Å². The Hall–Kier alpha value is -0.910. The fourth-order valence-corrected chi connectivity index (χ4v) is 4.10. The first-order valence-electron chi connectivity index (χ1n) is 6.14. The average molecular weight is 268 g/mol. The molecule has 0 amide bonds. The molecule has 0 saturated carbocycles. The zero-order valence-corrected chi connectivity index (χ0v) is 11.9. The van der Waals surface area contributed by atoms with Gasteiger partial charge in [0.05, 0.1) is 4.90 Å². The van der Waals surface area contributed by atoms with E-state index in [2.05, 4.69) is 11.8 Å². The molecule has 0 aromatic heterocycles. The zero-order chi connectivity index (χ0) is 13.3. The Labute approximate surface area is 109 Å². The van der Waals surface area contributed by atoms with Crippen LogP contribution in [0.25, 0.3) is 0 Å². The smallest absolute Gasteiger partial charge is 0.243 e. The van der Waals surface area contributed by atoms with Crippen LogP contribution in [-0.4, -0.2) is 50.8 Å². The molecule has 1 aromatic rings. The second-order valence-electron chi connectivity index (χ2n) is 5.14. The standard InChI is InChI=1S/C13H20N2O2S/c1-11-9-15(10-13(11)14(2)3)18(16,17)12-7-5-4-6-8-12/h4-8,11,13H,9-10H2,1-3H3. The molecular formula is C13H20N2O2S. The van der Waals surface area contributed by atoms with Crippen LogP contribution in [0.1, 0.15) is 6.92 Å². The lowest BCUT2D eigenvalue weighted by atomic mass is 10.1. The fraction of sp³-hybridized carbons (Fsp3) is 0.538. The van der Waals surface area contributed by atoms with Gasteiger partial charge in [0.1, 0.15) is 0 Å². The van der Waals surface area contributed by atoms with Gasteiger partial charge in [-0.1, -0.05) is 25.1 Å². The summed E-state index contributed by atoms with van der Waals surface area (Å²) in [5.41, 5.74) is 0. The van der Waals surface area contributed by atoms with Gasteiger partial charge >= 0.3 is 0 Å². The normalized spacial score (nSPS) is 25.8. The van der Waals surface area contributed by atoms with Crippen LogP contribution in [0, 0.1) is 5.92 Å². The molecule has 2 unspecified atom stereocenters. The summed E-state index contributed by atoms with van der Waals surface area (Å²) >= 11 is 0. The van der Waals surface area contributed by atoms with Crippen molar-refractivity contribution in [1.29, 1.82) is 0 Å². The molecular weight excluding hydrogens is 248 g/mol. The quantitative estimate of drug-likeness (QED) is 0.828. The third-order valence-corrected chi connectivity index (χ3v) is 5.43. The molecule has 4 nitrogen and oxygen atoms in total. The van der Waals surface area contributed by atoms with E-state index in [0.29, 0.717) is 29.9 Å². The van der Waals surface area contributed by atoms with Gasteiger partial charge in [-0.25, -0.2) is 8.42 Å². The summed E-state index contributed by atoms with van der Waals surface area (Å²) in [7, 11) is 0.668. The van der Waals surface area contributed by atoms with E-state index in [1.807, 2.05) is 20.2 Å². The highest BCUT2D eigenvalue weighted by molar-refractivity contribution is 7.89. The minimum Gasteiger partial charge on any atom is -0.305 e. The van der Waals surface area contributed by atoms with Gasteiger partial charge in [0.15, 0.2) is 0 Å². The lowest BCUT2D eigenvalue weighted by molar-refractivity contribution is 0.263. The number of benzene rings is 1. The highest BCUT2D eigenvalue weighted by Gasteiger charge is 2.37. The molecule has 2 rings (SSSR count). The van der Waals surface area contributed by atoms with E-state index < -0.39 is 10.0 Å². The minimum absolute atomic E-state index is 0.295. The van der Waals surface area contributed by atoms with Crippen molar-refractivity contribution in [3.63, 3.8) is 0 Å². The Morgan fingerprint density at radius 1 is 1.17 bits per heavy atom. The number of nitrogens with zero attached hydrogens (tertiary/aromatic N) is 2. The van der Waals surface area contributed by atoms with Crippen LogP contribution < -0.4 is 0 Å². The van der Waals surface area contributed by atoms with Crippen molar-refractivity contribution in [3.8, 4) is 0 Å². The van der Waals surface area contributed by atoms with Crippen LogP contribution in [0.5, 0.6) is 0 Å². The van der Waals surface area contributed by atoms with Gasteiger partial charge in [0.25, 0.3) is 0 Å². The lowest BCUT2D eigenvalue weighted by Gasteiger charge is -2.22.